The zero-order chi connectivity index (χ0) is 12.9. The summed E-state index contributed by atoms with van der Waals surface area (Å²) in [6.45, 7) is 0.700. The van der Waals surface area contributed by atoms with Crippen LogP contribution in [0, 0.1) is 0 Å². The molecule has 17 heavy (non-hydrogen) atoms. The van der Waals surface area contributed by atoms with E-state index in [-0.39, 0.29) is 17.4 Å². The molecule has 0 fully saturated rings. The van der Waals surface area contributed by atoms with Gasteiger partial charge in [-0.3, -0.25) is 9.59 Å². The number of carbonyl (C=O) groups excluding carboxylic acids is 1. The quantitative estimate of drug-likeness (QED) is 0.565. The second kappa shape index (κ2) is 12.1. The molecule has 4 nitrogen and oxygen atoms in total. The van der Waals surface area contributed by atoms with Crippen molar-refractivity contribution in [1.29, 1.82) is 0 Å². The number of nitrogens with one attached hydrogen (secondary N) is 1. The number of carboxylic acid groups (broad SMARTS) is 1. The maximum absolute atomic E-state index is 11.2. The fourth-order valence-corrected chi connectivity index (χ4v) is 2.29. The van der Waals surface area contributed by atoms with Gasteiger partial charge in [-0.15, -0.1) is 11.8 Å². The largest absolute Gasteiger partial charge is 0.481 e. The highest BCUT2D eigenvalue weighted by atomic mass is 32.2. The van der Waals surface area contributed by atoms with Gasteiger partial charge in [-0.1, -0.05) is 12.8 Å². The summed E-state index contributed by atoms with van der Waals surface area (Å²) in [5.74, 6) is 0.482. The Kier molecular flexibility index (Phi) is 11.8. The van der Waals surface area contributed by atoms with Crippen molar-refractivity contribution in [2.24, 2.45) is 0 Å². The average Bonchev–Trinajstić information content (AvgIpc) is 2.27. The van der Waals surface area contributed by atoms with E-state index in [2.05, 4.69) is 11.6 Å². The molecule has 2 N–H and O–H groups in total. The summed E-state index contributed by atoms with van der Waals surface area (Å²) in [5, 5.41) is 11.2. The monoisotopic (exact) mass is 279 g/mol. The van der Waals surface area contributed by atoms with Crippen molar-refractivity contribution in [2.45, 2.75) is 25.7 Å². The zero-order valence-electron chi connectivity index (χ0n) is 10.2. The van der Waals surface area contributed by atoms with Crippen molar-refractivity contribution >= 4 is 35.4 Å². The maximum atomic E-state index is 11.2. The van der Waals surface area contributed by atoms with Crippen LogP contribution in [0.25, 0.3) is 0 Å². The van der Waals surface area contributed by atoms with E-state index in [1.165, 1.54) is 18.6 Å². The van der Waals surface area contributed by atoms with Crippen LogP contribution in [-0.2, 0) is 9.59 Å². The van der Waals surface area contributed by atoms with Crippen molar-refractivity contribution in [1.82, 2.24) is 5.32 Å². The van der Waals surface area contributed by atoms with Gasteiger partial charge in [0, 0.05) is 6.54 Å². The first-order valence-electron chi connectivity index (χ1n) is 5.72. The van der Waals surface area contributed by atoms with Crippen molar-refractivity contribution in [3.8, 4) is 0 Å². The van der Waals surface area contributed by atoms with Gasteiger partial charge in [0.25, 0.3) is 0 Å². The molecule has 0 bridgehead atoms. The Balaban J connectivity index is 3.19. The van der Waals surface area contributed by atoms with Gasteiger partial charge >= 0.3 is 5.97 Å². The third-order valence-corrected chi connectivity index (χ3v) is 3.67. The van der Waals surface area contributed by atoms with E-state index in [0.29, 0.717) is 6.54 Å². The third-order valence-electron chi connectivity index (χ3n) is 2.06. The van der Waals surface area contributed by atoms with E-state index in [1.54, 1.807) is 0 Å². The normalized spacial score (nSPS) is 10.2. The molecule has 0 heterocycles. The summed E-state index contributed by atoms with van der Waals surface area (Å²) in [6.07, 6.45) is 6.70. The topological polar surface area (TPSA) is 66.4 Å². The lowest BCUT2D eigenvalue weighted by Gasteiger charge is -2.04. The molecule has 0 saturated heterocycles. The Morgan fingerprint density at radius 1 is 1.12 bits per heavy atom. The number of carbonyl (C=O) groups is 2. The molecule has 0 radical (unpaired) electrons. The van der Waals surface area contributed by atoms with Gasteiger partial charge in [-0.2, -0.15) is 11.8 Å². The summed E-state index contributed by atoms with van der Waals surface area (Å²) in [6, 6.07) is 0. The molecule has 0 aliphatic rings. The molecule has 0 atom stereocenters. The molecule has 0 saturated carbocycles. The summed E-state index contributed by atoms with van der Waals surface area (Å²) < 4.78 is 0. The predicted molar refractivity (Wildman–Crippen MR) is 74.8 cm³/mol. The molecule has 0 aliphatic heterocycles. The van der Waals surface area contributed by atoms with E-state index >= 15 is 0 Å². The van der Waals surface area contributed by atoms with Crippen LogP contribution >= 0.6 is 23.5 Å². The van der Waals surface area contributed by atoms with Gasteiger partial charge in [0.05, 0.1) is 11.5 Å². The smallest absolute Gasteiger partial charge is 0.313 e. The minimum Gasteiger partial charge on any atom is -0.481 e. The highest BCUT2D eigenvalue weighted by Crippen LogP contribution is 2.04. The van der Waals surface area contributed by atoms with Crippen LogP contribution in [0.2, 0.25) is 0 Å². The van der Waals surface area contributed by atoms with Gasteiger partial charge in [0.1, 0.15) is 0 Å². The van der Waals surface area contributed by atoms with Crippen LogP contribution in [0.5, 0.6) is 0 Å². The fourth-order valence-electron chi connectivity index (χ4n) is 1.23. The van der Waals surface area contributed by atoms with Crippen molar-refractivity contribution < 1.29 is 14.7 Å². The molecule has 0 aromatic rings. The molecule has 0 spiro atoms. The second-order valence-electron chi connectivity index (χ2n) is 3.64. The molecule has 0 aromatic carbocycles. The number of hydrogen-bond donors (Lipinski definition) is 2. The van der Waals surface area contributed by atoms with Crippen molar-refractivity contribution in [2.75, 3.05) is 30.1 Å². The fraction of sp³-hybridized carbons (Fsp3) is 0.818. The Bertz CT molecular complexity index is 225. The van der Waals surface area contributed by atoms with E-state index in [1.807, 2.05) is 11.8 Å². The Morgan fingerprint density at radius 2 is 1.82 bits per heavy atom. The van der Waals surface area contributed by atoms with Crippen LogP contribution in [-0.4, -0.2) is 47.0 Å². The molecule has 0 rings (SSSR count). The Labute approximate surface area is 111 Å². The molecule has 0 unspecified atom stereocenters. The van der Waals surface area contributed by atoms with Crippen molar-refractivity contribution in [3.05, 3.63) is 0 Å². The third kappa shape index (κ3) is 13.6. The lowest BCUT2D eigenvalue weighted by atomic mass is 10.2. The Hall–Kier alpha value is -0.360. The van der Waals surface area contributed by atoms with Crippen LogP contribution < -0.4 is 5.32 Å². The van der Waals surface area contributed by atoms with Gasteiger partial charge in [-0.05, 0) is 24.9 Å². The number of thioether (sulfide) groups is 2. The van der Waals surface area contributed by atoms with E-state index in [0.717, 1.165) is 24.6 Å². The predicted octanol–water partition coefficient (Wildman–Crippen LogP) is 1.84. The number of unbranched alkanes of at least 4 members (excludes halogenated alkanes) is 3. The summed E-state index contributed by atoms with van der Waals surface area (Å²) >= 11 is 2.99. The first-order chi connectivity index (χ1) is 8.16. The highest BCUT2D eigenvalue weighted by Gasteiger charge is 2.03. The zero-order valence-corrected chi connectivity index (χ0v) is 11.9. The van der Waals surface area contributed by atoms with E-state index in [9.17, 15) is 9.59 Å². The number of amides is 1. The molecular weight excluding hydrogens is 258 g/mol. The van der Waals surface area contributed by atoms with Gasteiger partial charge < -0.3 is 10.4 Å². The maximum Gasteiger partial charge on any atom is 0.313 e. The first-order valence-corrected chi connectivity index (χ1v) is 8.27. The average molecular weight is 279 g/mol. The highest BCUT2D eigenvalue weighted by molar-refractivity contribution is 8.00. The number of aliphatic carboxylic acids is 1. The molecule has 1 amide bonds. The molecule has 100 valence electrons. The van der Waals surface area contributed by atoms with Crippen LogP contribution in [0.3, 0.4) is 0 Å². The minimum absolute atomic E-state index is 0.0118. The van der Waals surface area contributed by atoms with Crippen LogP contribution in [0.4, 0.5) is 0 Å². The first kappa shape index (κ1) is 16.6. The van der Waals surface area contributed by atoms with Gasteiger partial charge in [0.2, 0.25) is 5.91 Å². The summed E-state index contributed by atoms with van der Waals surface area (Å²) in [5.41, 5.74) is 0. The molecular formula is C11H21NO3S2. The summed E-state index contributed by atoms with van der Waals surface area (Å²) in [4.78, 5) is 21.4. The SMILES string of the molecule is CSCCCCCCNC(=O)CSCC(=O)O. The van der Waals surface area contributed by atoms with E-state index < -0.39 is 5.97 Å². The number of carboxylic acids is 1. The molecule has 6 heteroatoms. The molecule has 0 aliphatic carbocycles. The van der Waals surface area contributed by atoms with Crippen LogP contribution in [0.15, 0.2) is 0 Å². The lowest BCUT2D eigenvalue weighted by Crippen LogP contribution is -2.26. The van der Waals surface area contributed by atoms with E-state index in [4.69, 9.17) is 5.11 Å². The Morgan fingerprint density at radius 3 is 2.47 bits per heavy atom. The van der Waals surface area contributed by atoms with Gasteiger partial charge in [-0.25, -0.2) is 0 Å². The van der Waals surface area contributed by atoms with Gasteiger partial charge in [0.15, 0.2) is 0 Å². The lowest BCUT2D eigenvalue weighted by molar-refractivity contribution is -0.133. The van der Waals surface area contributed by atoms with Crippen LogP contribution in [0.1, 0.15) is 25.7 Å². The van der Waals surface area contributed by atoms with Crippen molar-refractivity contribution in [3.63, 3.8) is 0 Å². The minimum atomic E-state index is -0.878. The standard InChI is InChI=1S/C11H21NO3S2/c1-16-7-5-3-2-4-6-12-10(13)8-17-9-11(14)15/h2-9H2,1H3,(H,12,13)(H,14,15). The number of hydrogen-bond acceptors (Lipinski definition) is 4. The number of rotatable bonds is 11. The second-order valence-corrected chi connectivity index (χ2v) is 5.61. The summed E-state index contributed by atoms with van der Waals surface area (Å²) in [7, 11) is 0. The molecule has 0 aromatic heterocycles.